The lowest BCUT2D eigenvalue weighted by molar-refractivity contribution is 0.0551. The SMILES string of the molecule is CC(C)(C)[C@@H]1C[C@H](O)CN1C(C)(C)C. The summed E-state index contributed by atoms with van der Waals surface area (Å²) in [5.41, 5.74) is 0.417. The zero-order valence-corrected chi connectivity index (χ0v) is 10.5. The van der Waals surface area contributed by atoms with Crippen LogP contribution in [0.5, 0.6) is 0 Å². The molecule has 1 saturated heterocycles. The van der Waals surface area contributed by atoms with Crippen molar-refractivity contribution in [3.05, 3.63) is 0 Å². The number of hydrogen-bond donors (Lipinski definition) is 1. The third-order valence-electron chi connectivity index (χ3n) is 3.14. The quantitative estimate of drug-likeness (QED) is 0.647. The average Bonchev–Trinajstić information content (AvgIpc) is 2.27. The molecule has 1 N–H and O–H groups in total. The Kier molecular flexibility index (Phi) is 2.99. The van der Waals surface area contributed by atoms with Crippen LogP contribution in [0.3, 0.4) is 0 Å². The molecule has 0 aromatic heterocycles. The van der Waals surface area contributed by atoms with Gasteiger partial charge in [-0.2, -0.15) is 0 Å². The first-order valence-electron chi connectivity index (χ1n) is 5.57. The van der Waals surface area contributed by atoms with Gasteiger partial charge in [0.2, 0.25) is 0 Å². The Morgan fingerprint density at radius 3 is 1.86 bits per heavy atom. The van der Waals surface area contributed by atoms with Gasteiger partial charge in [-0.25, -0.2) is 0 Å². The lowest BCUT2D eigenvalue weighted by Crippen LogP contribution is -2.49. The van der Waals surface area contributed by atoms with E-state index in [9.17, 15) is 5.11 Å². The standard InChI is InChI=1S/C12H25NO/c1-11(2,3)10-7-9(14)8-13(10)12(4,5)6/h9-10,14H,7-8H2,1-6H3/t9-,10-/m0/s1. The van der Waals surface area contributed by atoms with Crippen LogP contribution in [-0.2, 0) is 0 Å². The van der Waals surface area contributed by atoms with Gasteiger partial charge in [-0.1, -0.05) is 20.8 Å². The first kappa shape index (κ1) is 12.0. The van der Waals surface area contributed by atoms with Crippen molar-refractivity contribution in [2.75, 3.05) is 6.54 Å². The van der Waals surface area contributed by atoms with Crippen LogP contribution in [0.25, 0.3) is 0 Å². The van der Waals surface area contributed by atoms with E-state index in [0.717, 1.165) is 13.0 Å². The molecular formula is C12H25NO. The number of hydrogen-bond acceptors (Lipinski definition) is 2. The van der Waals surface area contributed by atoms with E-state index in [-0.39, 0.29) is 17.1 Å². The van der Waals surface area contributed by atoms with Gasteiger partial charge in [0.25, 0.3) is 0 Å². The fraction of sp³-hybridized carbons (Fsp3) is 1.00. The molecule has 0 spiro atoms. The minimum absolute atomic E-state index is 0.140. The Labute approximate surface area is 88.3 Å². The zero-order chi connectivity index (χ0) is 11.1. The van der Waals surface area contributed by atoms with Crippen LogP contribution < -0.4 is 0 Å². The molecule has 0 radical (unpaired) electrons. The summed E-state index contributed by atoms with van der Waals surface area (Å²) in [6.45, 7) is 14.3. The number of aliphatic hydroxyl groups excluding tert-OH is 1. The van der Waals surface area contributed by atoms with E-state index in [1.54, 1.807) is 0 Å². The lowest BCUT2D eigenvalue weighted by Gasteiger charge is -2.42. The van der Waals surface area contributed by atoms with Gasteiger partial charge in [-0.3, -0.25) is 4.90 Å². The summed E-state index contributed by atoms with van der Waals surface area (Å²) in [5.74, 6) is 0. The molecular weight excluding hydrogens is 174 g/mol. The van der Waals surface area contributed by atoms with Crippen molar-refractivity contribution in [2.45, 2.75) is 65.6 Å². The lowest BCUT2D eigenvalue weighted by atomic mass is 9.83. The van der Waals surface area contributed by atoms with E-state index in [1.165, 1.54) is 0 Å². The zero-order valence-electron chi connectivity index (χ0n) is 10.5. The molecule has 0 unspecified atom stereocenters. The van der Waals surface area contributed by atoms with E-state index in [0.29, 0.717) is 6.04 Å². The Hall–Kier alpha value is -0.0800. The van der Waals surface area contributed by atoms with E-state index in [1.807, 2.05) is 0 Å². The van der Waals surface area contributed by atoms with E-state index < -0.39 is 0 Å². The molecule has 2 atom stereocenters. The van der Waals surface area contributed by atoms with E-state index >= 15 is 0 Å². The molecule has 1 fully saturated rings. The van der Waals surface area contributed by atoms with Crippen molar-refractivity contribution in [1.29, 1.82) is 0 Å². The smallest absolute Gasteiger partial charge is 0.0682 e. The van der Waals surface area contributed by atoms with Gasteiger partial charge in [-0.05, 0) is 32.6 Å². The Morgan fingerprint density at radius 2 is 1.57 bits per heavy atom. The molecule has 2 heteroatoms. The summed E-state index contributed by atoms with van der Waals surface area (Å²) in [7, 11) is 0. The summed E-state index contributed by atoms with van der Waals surface area (Å²) >= 11 is 0. The van der Waals surface area contributed by atoms with Gasteiger partial charge in [0.15, 0.2) is 0 Å². The molecule has 1 rings (SSSR count). The minimum Gasteiger partial charge on any atom is -0.392 e. The maximum atomic E-state index is 9.75. The highest BCUT2D eigenvalue weighted by Gasteiger charge is 2.42. The van der Waals surface area contributed by atoms with Crippen LogP contribution in [0.1, 0.15) is 48.0 Å². The normalized spacial score (nSPS) is 31.1. The maximum absolute atomic E-state index is 9.75. The van der Waals surface area contributed by atoms with Crippen LogP contribution in [0, 0.1) is 5.41 Å². The van der Waals surface area contributed by atoms with Crippen molar-refractivity contribution in [3.8, 4) is 0 Å². The summed E-state index contributed by atoms with van der Waals surface area (Å²) in [5, 5.41) is 9.75. The Morgan fingerprint density at radius 1 is 1.07 bits per heavy atom. The first-order chi connectivity index (χ1) is 6.12. The largest absolute Gasteiger partial charge is 0.392 e. The molecule has 1 heterocycles. The van der Waals surface area contributed by atoms with Crippen molar-refractivity contribution < 1.29 is 5.11 Å². The Balaban J connectivity index is 2.84. The highest BCUT2D eigenvalue weighted by Crippen LogP contribution is 2.36. The van der Waals surface area contributed by atoms with Gasteiger partial charge in [0, 0.05) is 18.1 Å². The molecule has 0 bridgehead atoms. The van der Waals surface area contributed by atoms with Crippen molar-refractivity contribution in [1.82, 2.24) is 4.90 Å². The number of rotatable bonds is 0. The highest BCUT2D eigenvalue weighted by atomic mass is 16.3. The van der Waals surface area contributed by atoms with Crippen LogP contribution in [0.2, 0.25) is 0 Å². The predicted octanol–water partition coefficient (Wildman–Crippen LogP) is 2.27. The minimum atomic E-state index is -0.140. The van der Waals surface area contributed by atoms with Gasteiger partial charge < -0.3 is 5.11 Å². The van der Waals surface area contributed by atoms with Gasteiger partial charge >= 0.3 is 0 Å². The second-order valence-corrected chi connectivity index (χ2v) is 6.59. The van der Waals surface area contributed by atoms with Crippen molar-refractivity contribution in [2.24, 2.45) is 5.41 Å². The van der Waals surface area contributed by atoms with Crippen molar-refractivity contribution >= 4 is 0 Å². The van der Waals surface area contributed by atoms with Crippen LogP contribution in [-0.4, -0.2) is 34.2 Å². The fourth-order valence-corrected chi connectivity index (χ4v) is 2.38. The molecule has 1 aliphatic heterocycles. The third-order valence-corrected chi connectivity index (χ3v) is 3.14. The average molecular weight is 199 g/mol. The molecule has 1 aliphatic rings. The fourth-order valence-electron chi connectivity index (χ4n) is 2.38. The second kappa shape index (κ2) is 3.49. The van der Waals surface area contributed by atoms with Gasteiger partial charge in [0.05, 0.1) is 6.10 Å². The third kappa shape index (κ3) is 2.48. The summed E-state index contributed by atoms with van der Waals surface area (Å²) in [4.78, 5) is 2.44. The van der Waals surface area contributed by atoms with Gasteiger partial charge in [-0.15, -0.1) is 0 Å². The summed E-state index contributed by atoms with van der Waals surface area (Å²) in [6, 6.07) is 0.498. The molecule has 0 amide bonds. The van der Waals surface area contributed by atoms with Crippen LogP contribution in [0.4, 0.5) is 0 Å². The molecule has 0 aliphatic carbocycles. The van der Waals surface area contributed by atoms with E-state index in [2.05, 4.69) is 46.4 Å². The van der Waals surface area contributed by atoms with E-state index in [4.69, 9.17) is 0 Å². The van der Waals surface area contributed by atoms with Gasteiger partial charge in [0.1, 0.15) is 0 Å². The Bertz CT molecular complexity index is 177. The number of nitrogens with zero attached hydrogens (tertiary/aromatic N) is 1. The highest BCUT2D eigenvalue weighted by molar-refractivity contribution is 4.97. The monoisotopic (exact) mass is 199 g/mol. The van der Waals surface area contributed by atoms with Crippen LogP contribution >= 0.6 is 0 Å². The van der Waals surface area contributed by atoms with Crippen LogP contribution in [0.15, 0.2) is 0 Å². The first-order valence-corrected chi connectivity index (χ1v) is 5.57. The molecule has 14 heavy (non-hydrogen) atoms. The predicted molar refractivity (Wildman–Crippen MR) is 60.3 cm³/mol. The maximum Gasteiger partial charge on any atom is 0.0682 e. The number of aliphatic hydroxyl groups is 1. The van der Waals surface area contributed by atoms with Crippen molar-refractivity contribution in [3.63, 3.8) is 0 Å². The molecule has 2 nitrogen and oxygen atoms in total. The molecule has 84 valence electrons. The number of β-amino-alcohol motifs (C(OH)–C–C–N with tert-alkyl or cyclic N) is 1. The molecule has 0 aromatic rings. The second-order valence-electron chi connectivity index (χ2n) is 6.59. The molecule has 0 saturated carbocycles. The number of likely N-dealkylation sites (tertiary alicyclic amines) is 1. The molecule has 0 aromatic carbocycles. The summed E-state index contributed by atoms with van der Waals surface area (Å²) < 4.78 is 0. The summed E-state index contributed by atoms with van der Waals surface area (Å²) in [6.07, 6.45) is 0.777. The topological polar surface area (TPSA) is 23.5 Å².